The number of ether oxygens (including phenoxy) is 1. The molecule has 2 atom stereocenters. The summed E-state index contributed by atoms with van der Waals surface area (Å²) >= 11 is 1.32. The number of hydrogen-bond donors (Lipinski definition) is 3. The molecule has 0 radical (unpaired) electrons. The summed E-state index contributed by atoms with van der Waals surface area (Å²) in [5.41, 5.74) is 2.63. The molecule has 0 aliphatic carbocycles. The first-order valence-corrected chi connectivity index (χ1v) is 13.7. The number of carbonyl (C=O) groups excluding carboxylic acids is 3. The Morgan fingerprint density at radius 1 is 0.925 bits per heavy atom. The topological polar surface area (TPSA) is 125 Å². The molecule has 0 saturated carbocycles. The molecule has 1 saturated heterocycles. The van der Waals surface area contributed by atoms with Gasteiger partial charge in [0.1, 0.15) is 23.7 Å². The number of nitrogens with zero attached hydrogens (tertiary/aromatic N) is 1. The first-order chi connectivity index (χ1) is 19.4. The number of aliphatic carboxylic acids is 1. The van der Waals surface area contributed by atoms with Crippen LogP contribution in [0.5, 0.6) is 0 Å². The van der Waals surface area contributed by atoms with Gasteiger partial charge in [-0.2, -0.15) is 0 Å². The van der Waals surface area contributed by atoms with Gasteiger partial charge in [-0.15, -0.1) is 11.8 Å². The lowest BCUT2D eigenvalue weighted by Crippen LogP contribution is -2.70. The van der Waals surface area contributed by atoms with Gasteiger partial charge in [-0.1, -0.05) is 91.0 Å². The fourth-order valence-electron chi connectivity index (χ4n) is 4.76. The summed E-state index contributed by atoms with van der Waals surface area (Å²) in [4.78, 5) is 51.6. The Hall–Kier alpha value is -4.57. The summed E-state index contributed by atoms with van der Waals surface area (Å²) in [5, 5.41) is 15.0. The zero-order valence-corrected chi connectivity index (χ0v) is 22.2. The Bertz CT molecular complexity index is 1390. The molecule has 0 aromatic heterocycles. The van der Waals surface area contributed by atoms with E-state index in [0.717, 1.165) is 21.6 Å². The lowest BCUT2D eigenvalue weighted by Gasteiger charge is -2.49. The summed E-state index contributed by atoms with van der Waals surface area (Å²) in [5.74, 6) is -1.89. The van der Waals surface area contributed by atoms with Gasteiger partial charge in [0.2, 0.25) is 5.91 Å². The average molecular weight is 558 g/mol. The van der Waals surface area contributed by atoms with E-state index in [0.29, 0.717) is 5.57 Å². The second-order valence-corrected chi connectivity index (χ2v) is 10.5. The van der Waals surface area contributed by atoms with Crippen molar-refractivity contribution < 1.29 is 29.0 Å². The predicted molar refractivity (Wildman–Crippen MR) is 149 cm³/mol. The Morgan fingerprint density at radius 2 is 1.50 bits per heavy atom. The largest absolute Gasteiger partial charge is 0.477 e. The molecule has 3 amide bonds. The summed E-state index contributed by atoms with van der Waals surface area (Å²) in [6.07, 6.45) is -0.604. The fourth-order valence-corrected chi connectivity index (χ4v) is 6.09. The van der Waals surface area contributed by atoms with E-state index in [2.05, 4.69) is 10.6 Å². The van der Waals surface area contributed by atoms with Crippen LogP contribution < -0.4 is 10.6 Å². The lowest BCUT2D eigenvalue weighted by atomic mass is 9.99. The summed E-state index contributed by atoms with van der Waals surface area (Å²) in [6, 6.07) is 26.7. The maximum absolute atomic E-state index is 12.9. The van der Waals surface area contributed by atoms with Gasteiger partial charge < -0.3 is 20.5 Å². The van der Waals surface area contributed by atoms with Crippen molar-refractivity contribution in [2.24, 2.45) is 0 Å². The van der Waals surface area contributed by atoms with Gasteiger partial charge in [-0.05, 0) is 16.7 Å². The number of thioether (sulfide) groups is 1. The number of benzene rings is 3. The predicted octanol–water partition coefficient (Wildman–Crippen LogP) is 3.48. The first kappa shape index (κ1) is 27.0. The molecule has 2 aliphatic rings. The van der Waals surface area contributed by atoms with E-state index in [1.165, 1.54) is 11.8 Å². The van der Waals surface area contributed by atoms with Gasteiger partial charge in [0.05, 0.1) is 12.5 Å². The van der Waals surface area contributed by atoms with E-state index < -0.39 is 35.4 Å². The maximum Gasteiger partial charge on any atom is 0.408 e. The molecule has 204 valence electrons. The molecule has 1 fully saturated rings. The van der Waals surface area contributed by atoms with Crippen molar-refractivity contribution in [3.63, 3.8) is 0 Å². The SMILES string of the molecule is O=C(Cc1ccccc1)NC1C(=O)N2C(C(=O)O)=C(COC(=O)NC(c3ccccc3)c3ccccc3)CS[C@H]12. The second-order valence-electron chi connectivity index (χ2n) is 9.35. The quantitative estimate of drug-likeness (QED) is 0.344. The van der Waals surface area contributed by atoms with E-state index in [-0.39, 0.29) is 30.4 Å². The molecule has 3 aromatic rings. The van der Waals surface area contributed by atoms with Gasteiger partial charge in [-0.25, -0.2) is 9.59 Å². The second kappa shape index (κ2) is 12.1. The summed E-state index contributed by atoms with van der Waals surface area (Å²) in [6.45, 7) is -0.293. The molecular weight excluding hydrogens is 530 g/mol. The van der Waals surface area contributed by atoms with Crippen LogP contribution in [0.25, 0.3) is 0 Å². The third kappa shape index (κ3) is 5.86. The number of alkyl carbamates (subject to hydrolysis) is 1. The number of carboxylic acid groups (broad SMARTS) is 1. The van der Waals surface area contributed by atoms with E-state index >= 15 is 0 Å². The molecule has 3 N–H and O–H groups in total. The molecule has 9 nitrogen and oxygen atoms in total. The van der Waals surface area contributed by atoms with E-state index in [4.69, 9.17) is 4.74 Å². The minimum Gasteiger partial charge on any atom is -0.477 e. The molecule has 10 heteroatoms. The number of fused-ring (bicyclic) bond motifs is 1. The van der Waals surface area contributed by atoms with Crippen LogP contribution in [0.4, 0.5) is 4.79 Å². The van der Waals surface area contributed by atoms with Crippen molar-refractivity contribution in [2.75, 3.05) is 12.4 Å². The number of hydrogen-bond acceptors (Lipinski definition) is 6. The van der Waals surface area contributed by atoms with Crippen molar-refractivity contribution in [2.45, 2.75) is 23.9 Å². The zero-order chi connectivity index (χ0) is 28.1. The van der Waals surface area contributed by atoms with Crippen molar-refractivity contribution in [1.82, 2.24) is 15.5 Å². The van der Waals surface area contributed by atoms with Crippen LogP contribution >= 0.6 is 11.8 Å². The van der Waals surface area contributed by atoms with Gasteiger partial charge >= 0.3 is 12.1 Å². The van der Waals surface area contributed by atoms with E-state index in [1.54, 1.807) is 0 Å². The molecule has 1 unspecified atom stereocenters. The molecule has 5 rings (SSSR count). The van der Waals surface area contributed by atoms with E-state index in [9.17, 15) is 24.3 Å². The summed E-state index contributed by atoms with van der Waals surface area (Å²) in [7, 11) is 0. The van der Waals surface area contributed by atoms with Crippen molar-refractivity contribution in [1.29, 1.82) is 0 Å². The Morgan fingerprint density at radius 3 is 2.08 bits per heavy atom. The van der Waals surface area contributed by atoms with Crippen LogP contribution in [0.15, 0.2) is 102 Å². The number of β-lactam (4-membered cyclic amide) rings is 1. The van der Waals surface area contributed by atoms with Gasteiger partial charge in [0.25, 0.3) is 5.91 Å². The van der Waals surface area contributed by atoms with Gasteiger partial charge in [0.15, 0.2) is 0 Å². The smallest absolute Gasteiger partial charge is 0.408 e. The highest BCUT2D eigenvalue weighted by Crippen LogP contribution is 2.40. The van der Waals surface area contributed by atoms with Crippen molar-refractivity contribution in [3.05, 3.63) is 119 Å². The van der Waals surface area contributed by atoms with Crippen molar-refractivity contribution in [3.8, 4) is 0 Å². The molecule has 3 aromatic carbocycles. The molecule has 2 aliphatic heterocycles. The zero-order valence-electron chi connectivity index (χ0n) is 21.4. The highest BCUT2D eigenvalue weighted by Gasteiger charge is 2.54. The van der Waals surface area contributed by atoms with E-state index in [1.807, 2.05) is 91.0 Å². The van der Waals surface area contributed by atoms with Gasteiger partial charge in [-0.3, -0.25) is 14.5 Å². The maximum atomic E-state index is 12.9. The van der Waals surface area contributed by atoms with Crippen LogP contribution in [0.1, 0.15) is 22.7 Å². The minimum absolute atomic E-state index is 0.116. The average Bonchev–Trinajstić information content (AvgIpc) is 2.98. The third-order valence-corrected chi connectivity index (χ3v) is 8.02. The Balaban J connectivity index is 1.24. The minimum atomic E-state index is -1.29. The van der Waals surface area contributed by atoms with Crippen LogP contribution in [0, 0.1) is 0 Å². The number of carbonyl (C=O) groups is 4. The standard InChI is InChI=1S/C30H27N3O6S/c34-23(16-19-10-4-1-5-11-19)31-25-27(35)33-26(29(36)37)22(18-40-28(25)33)17-39-30(38)32-24(20-12-6-2-7-13-20)21-14-8-3-9-15-21/h1-15,24-25,28H,16-18H2,(H,31,34)(H,32,38)(H,36,37)/t25?,28-/m1/s1. The van der Waals surface area contributed by atoms with Crippen LogP contribution in [0.2, 0.25) is 0 Å². The van der Waals surface area contributed by atoms with Crippen molar-refractivity contribution >= 4 is 35.6 Å². The van der Waals surface area contributed by atoms with Crippen LogP contribution in [-0.4, -0.2) is 57.7 Å². The Labute approximate surface area is 235 Å². The normalized spacial score (nSPS) is 18.0. The van der Waals surface area contributed by atoms with Gasteiger partial charge in [0, 0.05) is 11.3 Å². The molecule has 2 heterocycles. The monoisotopic (exact) mass is 557 g/mol. The van der Waals surface area contributed by atoms with Crippen LogP contribution in [-0.2, 0) is 25.5 Å². The Kier molecular flexibility index (Phi) is 8.16. The molecule has 0 spiro atoms. The number of carboxylic acids is 1. The van der Waals surface area contributed by atoms with Crippen LogP contribution in [0.3, 0.4) is 0 Å². The molecular formula is C30H27N3O6S. The first-order valence-electron chi connectivity index (χ1n) is 12.7. The third-order valence-electron chi connectivity index (χ3n) is 6.68. The molecule has 0 bridgehead atoms. The fraction of sp³-hybridized carbons (Fsp3) is 0.200. The molecule has 40 heavy (non-hydrogen) atoms. The number of rotatable bonds is 9. The lowest BCUT2D eigenvalue weighted by molar-refractivity contribution is -0.150. The highest BCUT2D eigenvalue weighted by atomic mass is 32.2. The number of amides is 3. The highest BCUT2D eigenvalue weighted by molar-refractivity contribution is 8.00. The summed E-state index contributed by atoms with van der Waals surface area (Å²) < 4.78 is 5.44. The number of nitrogens with one attached hydrogen (secondary N) is 2.